The van der Waals surface area contributed by atoms with E-state index in [9.17, 15) is 0 Å². The van der Waals surface area contributed by atoms with E-state index in [1.54, 1.807) is 0 Å². The summed E-state index contributed by atoms with van der Waals surface area (Å²) in [5.41, 5.74) is 1.25. The Bertz CT molecular complexity index is 321. The molecular weight excluding hydrogens is 226 g/mol. The van der Waals surface area contributed by atoms with Crippen molar-refractivity contribution in [2.45, 2.75) is 59.2 Å². The highest BCUT2D eigenvalue weighted by Gasteiger charge is 2.04. The van der Waals surface area contributed by atoms with Crippen LogP contribution >= 0.6 is 0 Å². The van der Waals surface area contributed by atoms with Crippen LogP contribution < -0.4 is 5.32 Å². The molecule has 4 nitrogen and oxygen atoms in total. The van der Waals surface area contributed by atoms with Gasteiger partial charge in [0.05, 0.1) is 18.1 Å². The highest BCUT2D eigenvalue weighted by atomic mass is 16.5. The van der Waals surface area contributed by atoms with Crippen molar-refractivity contribution in [3.8, 4) is 0 Å². The van der Waals surface area contributed by atoms with Crippen molar-refractivity contribution < 1.29 is 4.74 Å². The maximum absolute atomic E-state index is 5.50. The lowest BCUT2D eigenvalue weighted by Gasteiger charge is -2.12. The van der Waals surface area contributed by atoms with Crippen LogP contribution in [0.1, 0.15) is 52.3 Å². The van der Waals surface area contributed by atoms with Crippen molar-refractivity contribution in [3.05, 3.63) is 18.2 Å². The summed E-state index contributed by atoms with van der Waals surface area (Å²) in [5.74, 6) is 0. The summed E-state index contributed by atoms with van der Waals surface area (Å²) in [4.78, 5) is 4.19. The molecule has 0 fully saturated rings. The molecule has 1 N–H and O–H groups in total. The zero-order valence-corrected chi connectivity index (χ0v) is 12.1. The molecule has 0 radical (unpaired) electrons. The summed E-state index contributed by atoms with van der Waals surface area (Å²) >= 11 is 0. The smallest absolute Gasteiger partial charge is 0.0951 e. The number of unbranched alkanes of at least 4 members (excludes halogenated alkanes) is 1. The van der Waals surface area contributed by atoms with E-state index in [2.05, 4.69) is 42.6 Å². The van der Waals surface area contributed by atoms with E-state index in [-0.39, 0.29) is 0 Å². The van der Waals surface area contributed by atoms with Crippen LogP contribution in [-0.2, 0) is 11.3 Å². The summed E-state index contributed by atoms with van der Waals surface area (Å²) in [5, 5.41) is 3.45. The normalized spacial score (nSPS) is 11.7. The molecule has 0 atom stereocenters. The molecule has 0 saturated carbocycles. The van der Waals surface area contributed by atoms with Gasteiger partial charge in [-0.3, -0.25) is 0 Å². The number of hydrogen-bond acceptors (Lipinski definition) is 3. The number of hydrogen-bond donors (Lipinski definition) is 1. The van der Waals surface area contributed by atoms with Crippen LogP contribution in [0.15, 0.2) is 12.5 Å². The molecule has 0 aliphatic carbocycles. The maximum Gasteiger partial charge on any atom is 0.0951 e. The molecule has 1 heterocycles. The van der Waals surface area contributed by atoms with Crippen LogP contribution in [0.2, 0.25) is 0 Å². The molecule has 4 heteroatoms. The van der Waals surface area contributed by atoms with Gasteiger partial charge in [0.1, 0.15) is 0 Å². The fourth-order valence-electron chi connectivity index (χ4n) is 1.82. The number of imidazole rings is 1. The van der Waals surface area contributed by atoms with Gasteiger partial charge in [-0.25, -0.2) is 4.98 Å². The second-order valence-electron chi connectivity index (χ2n) is 5.19. The van der Waals surface area contributed by atoms with E-state index in [1.807, 2.05) is 12.5 Å². The molecule has 104 valence electrons. The number of nitrogens with zero attached hydrogens (tertiary/aromatic N) is 2. The first-order chi connectivity index (χ1) is 8.61. The predicted octanol–water partition coefficient (Wildman–Crippen LogP) is 2.76. The van der Waals surface area contributed by atoms with E-state index < -0.39 is 0 Å². The average molecular weight is 253 g/mol. The Morgan fingerprint density at radius 2 is 2.06 bits per heavy atom. The number of rotatable bonds is 9. The molecule has 0 aromatic carbocycles. The Kier molecular flexibility index (Phi) is 6.98. The second-order valence-corrected chi connectivity index (χ2v) is 5.19. The molecule has 1 rings (SSSR count). The lowest BCUT2D eigenvalue weighted by molar-refractivity contribution is 0.0760. The zero-order chi connectivity index (χ0) is 13.4. The number of ether oxygens (including phenoxy) is 1. The van der Waals surface area contributed by atoms with E-state index >= 15 is 0 Å². The van der Waals surface area contributed by atoms with Gasteiger partial charge in [-0.15, -0.1) is 0 Å². The fourth-order valence-corrected chi connectivity index (χ4v) is 1.82. The molecule has 0 saturated heterocycles. The van der Waals surface area contributed by atoms with Gasteiger partial charge < -0.3 is 14.6 Å². The van der Waals surface area contributed by atoms with Crippen molar-refractivity contribution in [2.24, 2.45) is 0 Å². The van der Waals surface area contributed by atoms with Crippen molar-refractivity contribution in [1.29, 1.82) is 0 Å². The van der Waals surface area contributed by atoms with Gasteiger partial charge in [-0.1, -0.05) is 0 Å². The largest absolute Gasteiger partial charge is 0.379 e. The van der Waals surface area contributed by atoms with Crippen molar-refractivity contribution in [1.82, 2.24) is 14.9 Å². The molecular formula is C14H27N3O. The summed E-state index contributed by atoms with van der Waals surface area (Å²) in [6, 6.07) is 0.476. The van der Waals surface area contributed by atoms with Gasteiger partial charge in [-0.05, 0) is 47.1 Å². The van der Waals surface area contributed by atoms with Gasteiger partial charge in [0.15, 0.2) is 0 Å². The van der Waals surface area contributed by atoms with Crippen LogP contribution in [-0.4, -0.2) is 28.8 Å². The first kappa shape index (κ1) is 15.2. The Morgan fingerprint density at radius 1 is 1.28 bits per heavy atom. The van der Waals surface area contributed by atoms with Crippen LogP contribution in [0.25, 0.3) is 0 Å². The monoisotopic (exact) mass is 253 g/mol. The third kappa shape index (κ3) is 5.65. The molecule has 0 aliphatic rings. The fraction of sp³-hybridized carbons (Fsp3) is 0.786. The third-order valence-electron chi connectivity index (χ3n) is 2.81. The molecule has 0 amide bonds. The van der Waals surface area contributed by atoms with E-state index in [0.29, 0.717) is 12.1 Å². The van der Waals surface area contributed by atoms with Gasteiger partial charge in [0, 0.05) is 25.4 Å². The van der Waals surface area contributed by atoms with Gasteiger partial charge >= 0.3 is 0 Å². The highest BCUT2D eigenvalue weighted by Crippen LogP contribution is 2.08. The summed E-state index contributed by atoms with van der Waals surface area (Å²) < 4.78 is 7.71. The Morgan fingerprint density at radius 3 is 2.72 bits per heavy atom. The topological polar surface area (TPSA) is 39.1 Å². The quantitative estimate of drug-likeness (QED) is 0.688. The summed E-state index contributed by atoms with van der Waals surface area (Å²) in [6.45, 7) is 11.3. The van der Waals surface area contributed by atoms with Gasteiger partial charge in [0.2, 0.25) is 0 Å². The minimum absolute atomic E-state index is 0.346. The lowest BCUT2D eigenvalue weighted by atomic mass is 10.3. The maximum atomic E-state index is 5.50. The van der Waals surface area contributed by atoms with Gasteiger partial charge in [-0.2, -0.15) is 0 Å². The van der Waals surface area contributed by atoms with Crippen LogP contribution in [0.4, 0.5) is 0 Å². The number of aromatic nitrogens is 2. The Balaban J connectivity index is 2.09. The Hall–Kier alpha value is -0.870. The van der Waals surface area contributed by atoms with Crippen LogP contribution in [0.5, 0.6) is 0 Å². The van der Waals surface area contributed by atoms with Gasteiger partial charge in [0.25, 0.3) is 0 Å². The minimum Gasteiger partial charge on any atom is -0.379 e. The standard InChI is InChI=1S/C14H27N3O/c1-12(2)17-11-16-10-14(17)9-15-7-5-6-8-18-13(3)4/h10-13,15H,5-9H2,1-4H3. The summed E-state index contributed by atoms with van der Waals surface area (Å²) in [7, 11) is 0. The molecule has 0 unspecified atom stereocenters. The molecule has 0 spiro atoms. The SMILES string of the molecule is CC(C)OCCCCNCc1cncn1C(C)C. The van der Waals surface area contributed by atoms with Crippen molar-refractivity contribution in [2.75, 3.05) is 13.2 Å². The highest BCUT2D eigenvalue weighted by molar-refractivity contribution is 4.99. The summed E-state index contributed by atoms with van der Waals surface area (Å²) in [6.07, 6.45) is 6.46. The lowest BCUT2D eigenvalue weighted by Crippen LogP contribution is -2.18. The zero-order valence-electron chi connectivity index (χ0n) is 12.1. The predicted molar refractivity (Wildman–Crippen MR) is 74.6 cm³/mol. The minimum atomic E-state index is 0.346. The molecule has 0 aliphatic heterocycles. The number of nitrogens with one attached hydrogen (secondary N) is 1. The van der Waals surface area contributed by atoms with E-state index in [4.69, 9.17) is 4.74 Å². The Labute approximate surface area is 111 Å². The second kappa shape index (κ2) is 8.27. The molecule has 1 aromatic heterocycles. The average Bonchev–Trinajstić information content (AvgIpc) is 2.75. The van der Waals surface area contributed by atoms with Crippen molar-refractivity contribution >= 4 is 0 Å². The first-order valence-electron chi connectivity index (χ1n) is 6.94. The van der Waals surface area contributed by atoms with Crippen molar-refractivity contribution in [3.63, 3.8) is 0 Å². The molecule has 1 aromatic rings. The van der Waals surface area contributed by atoms with E-state index in [1.165, 1.54) is 5.69 Å². The molecule has 18 heavy (non-hydrogen) atoms. The third-order valence-corrected chi connectivity index (χ3v) is 2.81. The van der Waals surface area contributed by atoms with E-state index in [0.717, 1.165) is 32.5 Å². The first-order valence-corrected chi connectivity index (χ1v) is 6.94. The molecule has 0 bridgehead atoms. The van der Waals surface area contributed by atoms with Crippen LogP contribution in [0, 0.1) is 0 Å². The van der Waals surface area contributed by atoms with Crippen LogP contribution in [0.3, 0.4) is 0 Å².